The van der Waals surface area contributed by atoms with Crippen LogP contribution < -0.4 is 0 Å². The average molecular weight is 305 g/mol. The Balaban J connectivity index is 2.47. The standard InChI is InChI=1S/C15H19N3O4/c1-17-9-5-3-4-6-14(17)16-13-10-11(18(20)21)7-8-12(13)15(19)22-2/h7-8,10H,3-6,9H2,1-2H3. The summed E-state index contributed by atoms with van der Waals surface area (Å²) < 4.78 is 4.73. The van der Waals surface area contributed by atoms with E-state index in [1.54, 1.807) is 0 Å². The van der Waals surface area contributed by atoms with E-state index in [-0.39, 0.29) is 16.9 Å². The molecular formula is C15H19N3O4. The minimum Gasteiger partial charge on any atom is -0.465 e. The van der Waals surface area contributed by atoms with Gasteiger partial charge in [-0.25, -0.2) is 9.79 Å². The van der Waals surface area contributed by atoms with E-state index in [9.17, 15) is 14.9 Å². The number of amidine groups is 1. The maximum Gasteiger partial charge on any atom is 0.340 e. The Hall–Kier alpha value is -2.44. The van der Waals surface area contributed by atoms with Crippen molar-refractivity contribution in [1.29, 1.82) is 0 Å². The van der Waals surface area contributed by atoms with Crippen LogP contribution >= 0.6 is 0 Å². The first kappa shape index (κ1) is 15.9. The van der Waals surface area contributed by atoms with Crippen LogP contribution in [0.1, 0.15) is 36.0 Å². The number of rotatable bonds is 3. The fourth-order valence-electron chi connectivity index (χ4n) is 2.42. The molecule has 1 aromatic rings. The molecule has 1 aromatic carbocycles. The summed E-state index contributed by atoms with van der Waals surface area (Å²) in [6.45, 7) is 0.890. The zero-order valence-electron chi connectivity index (χ0n) is 12.7. The smallest absolute Gasteiger partial charge is 0.340 e. The van der Waals surface area contributed by atoms with Gasteiger partial charge in [0.25, 0.3) is 5.69 Å². The number of aliphatic imine (C=N–C) groups is 1. The van der Waals surface area contributed by atoms with Crippen LogP contribution in [0.25, 0.3) is 0 Å². The Morgan fingerprint density at radius 3 is 2.82 bits per heavy atom. The highest BCUT2D eigenvalue weighted by Gasteiger charge is 2.18. The van der Waals surface area contributed by atoms with Crippen molar-refractivity contribution in [3.05, 3.63) is 33.9 Å². The Morgan fingerprint density at radius 1 is 1.36 bits per heavy atom. The van der Waals surface area contributed by atoms with E-state index in [0.717, 1.165) is 38.1 Å². The minimum absolute atomic E-state index is 0.0942. The predicted octanol–water partition coefficient (Wildman–Crippen LogP) is 2.92. The third-order valence-corrected chi connectivity index (χ3v) is 3.68. The Bertz CT molecular complexity index is 613. The molecule has 7 heteroatoms. The number of non-ortho nitro benzene ring substituents is 1. The van der Waals surface area contributed by atoms with Crippen molar-refractivity contribution in [1.82, 2.24) is 4.90 Å². The second-order valence-corrected chi connectivity index (χ2v) is 5.21. The van der Waals surface area contributed by atoms with Gasteiger partial charge in [0.05, 0.1) is 23.3 Å². The average Bonchev–Trinajstić information content (AvgIpc) is 2.71. The van der Waals surface area contributed by atoms with Gasteiger partial charge in [-0.1, -0.05) is 6.42 Å². The van der Waals surface area contributed by atoms with Crippen LogP contribution in [0.15, 0.2) is 23.2 Å². The summed E-state index contributed by atoms with van der Waals surface area (Å²) in [4.78, 5) is 28.8. The van der Waals surface area contributed by atoms with E-state index in [1.165, 1.54) is 25.3 Å². The number of carbonyl (C=O) groups is 1. The number of hydrogen-bond donors (Lipinski definition) is 0. The number of esters is 1. The summed E-state index contributed by atoms with van der Waals surface area (Å²) in [5, 5.41) is 10.9. The van der Waals surface area contributed by atoms with Crippen LogP contribution in [-0.4, -0.2) is 42.3 Å². The van der Waals surface area contributed by atoms with E-state index in [4.69, 9.17) is 4.74 Å². The number of benzene rings is 1. The van der Waals surface area contributed by atoms with Crippen molar-refractivity contribution >= 4 is 23.2 Å². The van der Waals surface area contributed by atoms with Crippen LogP contribution in [0.5, 0.6) is 0 Å². The first-order valence-electron chi connectivity index (χ1n) is 7.18. The lowest BCUT2D eigenvalue weighted by atomic mass is 10.1. The minimum atomic E-state index is -0.550. The van der Waals surface area contributed by atoms with Crippen molar-refractivity contribution in [2.75, 3.05) is 20.7 Å². The lowest BCUT2D eigenvalue weighted by molar-refractivity contribution is -0.384. The molecule has 118 valence electrons. The third-order valence-electron chi connectivity index (χ3n) is 3.68. The molecule has 0 aliphatic carbocycles. The molecule has 2 rings (SSSR count). The maximum absolute atomic E-state index is 11.8. The van der Waals surface area contributed by atoms with Gasteiger partial charge in [0.2, 0.25) is 0 Å². The molecule has 22 heavy (non-hydrogen) atoms. The number of hydrogen-bond acceptors (Lipinski definition) is 5. The molecule has 1 saturated heterocycles. The largest absolute Gasteiger partial charge is 0.465 e. The highest BCUT2D eigenvalue weighted by Crippen LogP contribution is 2.27. The molecule has 1 aliphatic rings. The van der Waals surface area contributed by atoms with E-state index in [1.807, 2.05) is 11.9 Å². The van der Waals surface area contributed by atoms with Gasteiger partial charge < -0.3 is 9.64 Å². The molecule has 0 unspecified atom stereocenters. The quantitative estimate of drug-likeness (QED) is 0.487. The molecule has 0 bridgehead atoms. The maximum atomic E-state index is 11.8. The topological polar surface area (TPSA) is 85.0 Å². The molecule has 0 N–H and O–H groups in total. The lowest BCUT2D eigenvalue weighted by Gasteiger charge is -2.18. The van der Waals surface area contributed by atoms with Crippen LogP contribution in [-0.2, 0) is 4.74 Å². The Labute approximate surface area is 128 Å². The first-order chi connectivity index (χ1) is 10.5. The molecule has 0 amide bonds. The normalized spacial score (nSPS) is 17.2. The second-order valence-electron chi connectivity index (χ2n) is 5.21. The van der Waals surface area contributed by atoms with E-state index in [2.05, 4.69) is 4.99 Å². The molecule has 0 atom stereocenters. The number of methoxy groups -OCH3 is 1. The highest BCUT2D eigenvalue weighted by molar-refractivity contribution is 5.97. The fourth-order valence-corrected chi connectivity index (χ4v) is 2.42. The zero-order chi connectivity index (χ0) is 16.1. The number of ether oxygens (including phenoxy) is 1. The summed E-state index contributed by atoms with van der Waals surface area (Å²) in [5.74, 6) is 0.286. The fraction of sp³-hybridized carbons (Fsp3) is 0.467. The first-order valence-corrected chi connectivity index (χ1v) is 7.18. The Kier molecular flexibility index (Phi) is 5.08. The molecule has 0 aromatic heterocycles. The summed E-state index contributed by atoms with van der Waals surface area (Å²) in [5.41, 5.74) is 0.423. The summed E-state index contributed by atoms with van der Waals surface area (Å²) in [6, 6.07) is 3.99. The molecule has 0 saturated carbocycles. The highest BCUT2D eigenvalue weighted by atomic mass is 16.6. The number of nitrogens with zero attached hydrogens (tertiary/aromatic N) is 3. The molecule has 0 radical (unpaired) electrons. The molecule has 1 fully saturated rings. The van der Waals surface area contributed by atoms with Gasteiger partial charge in [-0.2, -0.15) is 0 Å². The van der Waals surface area contributed by atoms with Gasteiger partial charge in [-0.15, -0.1) is 0 Å². The SMILES string of the molecule is COC(=O)c1ccc([N+](=O)[O-])cc1N=C1CCCCCN1C. The van der Waals surface area contributed by atoms with Gasteiger partial charge in [0.1, 0.15) is 5.84 Å². The van der Waals surface area contributed by atoms with E-state index in [0.29, 0.717) is 0 Å². The van der Waals surface area contributed by atoms with E-state index < -0.39 is 10.9 Å². The molecular weight excluding hydrogens is 286 g/mol. The summed E-state index contributed by atoms with van der Waals surface area (Å²) in [6.07, 6.45) is 4.03. The molecule has 1 aliphatic heterocycles. The lowest BCUT2D eigenvalue weighted by Crippen LogP contribution is -2.25. The van der Waals surface area contributed by atoms with Crippen LogP contribution in [0, 0.1) is 10.1 Å². The Morgan fingerprint density at radius 2 is 2.14 bits per heavy atom. The van der Waals surface area contributed by atoms with Crippen molar-refractivity contribution < 1.29 is 14.5 Å². The number of likely N-dealkylation sites (tertiary alicyclic amines) is 1. The number of nitro benzene ring substituents is 1. The molecule has 7 nitrogen and oxygen atoms in total. The number of nitro groups is 1. The monoisotopic (exact) mass is 305 g/mol. The molecule has 0 spiro atoms. The van der Waals surface area contributed by atoms with Crippen LogP contribution in [0.2, 0.25) is 0 Å². The van der Waals surface area contributed by atoms with Gasteiger partial charge >= 0.3 is 5.97 Å². The van der Waals surface area contributed by atoms with Crippen LogP contribution in [0.3, 0.4) is 0 Å². The van der Waals surface area contributed by atoms with Gasteiger partial charge in [0, 0.05) is 32.1 Å². The van der Waals surface area contributed by atoms with Crippen molar-refractivity contribution in [3.8, 4) is 0 Å². The van der Waals surface area contributed by atoms with Crippen molar-refractivity contribution in [2.45, 2.75) is 25.7 Å². The number of carbonyl (C=O) groups excluding carboxylic acids is 1. The third kappa shape index (κ3) is 3.60. The van der Waals surface area contributed by atoms with Crippen molar-refractivity contribution in [2.24, 2.45) is 4.99 Å². The predicted molar refractivity (Wildman–Crippen MR) is 82.6 cm³/mol. The van der Waals surface area contributed by atoms with Crippen molar-refractivity contribution in [3.63, 3.8) is 0 Å². The van der Waals surface area contributed by atoms with Gasteiger partial charge in [-0.3, -0.25) is 10.1 Å². The van der Waals surface area contributed by atoms with Gasteiger partial charge in [0.15, 0.2) is 0 Å². The van der Waals surface area contributed by atoms with E-state index >= 15 is 0 Å². The second kappa shape index (κ2) is 7.02. The summed E-state index contributed by atoms with van der Waals surface area (Å²) in [7, 11) is 3.22. The van der Waals surface area contributed by atoms with Crippen LogP contribution in [0.4, 0.5) is 11.4 Å². The molecule has 1 heterocycles. The zero-order valence-corrected chi connectivity index (χ0v) is 12.7. The van der Waals surface area contributed by atoms with Gasteiger partial charge in [-0.05, 0) is 18.9 Å². The summed E-state index contributed by atoms with van der Waals surface area (Å²) >= 11 is 0.